The van der Waals surface area contributed by atoms with Crippen molar-refractivity contribution < 1.29 is 24.5 Å². The SMILES string of the molecule is CCCCC/C=C/C=C/C=C/C=C/CCCCCCCC(=O)OC(CCCCCCCCCCCCC)CC(=O)NC(CO)C(O)CCCCCCCCCCCCCCCCC. The lowest BCUT2D eigenvalue weighted by Crippen LogP contribution is -2.46. The van der Waals surface area contributed by atoms with Gasteiger partial charge in [0, 0.05) is 6.42 Å². The van der Waals surface area contributed by atoms with Crippen molar-refractivity contribution in [3.63, 3.8) is 0 Å². The van der Waals surface area contributed by atoms with Crippen molar-refractivity contribution in [2.24, 2.45) is 0 Å². The zero-order valence-electron chi connectivity index (χ0n) is 42.0. The van der Waals surface area contributed by atoms with Crippen LogP contribution in [-0.2, 0) is 14.3 Å². The molecule has 0 aliphatic rings. The summed E-state index contributed by atoms with van der Waals surface area (Å²) in [5.74, 6) is -0.490. The number of hydrogen-bond acceptors (Lipinski definition) is 5. The minimum Gasteiger partial charge on any atom is -0.462 e. The Morgan fingerprint density at radius 1 is 0.460 bits per heavy atom. The summed E-state index contributed by atoms with van der Waals surface area (Å²) >= 11 is 0. The number of aliphatic hydroxyl groups excluding tert-OH is 2. The maximum atomic E-state index is 13.2. The van der Waals surface area contributed by atoms with Gasteiger partial charge in [0.2, 0.25) is 5.91 Å². The Kier molecular flexibility index (Phi) is 49.1. The monoisotopic (exact) mass is 884 g/mol. The maximum absolute atomic E-state index is 13.2. The number of unbranched alkanes of at least 4 members (excludes halogenated alkanes) is 32. The summed E-state index contributed by atoms with van der Waals surface area (Å²) in [4.78, 5) is 26.2. The van der Waals surface area contributed by atoms with Crippen LogP contribution in [0.2, 0.25) is 0 Å². The van der Waals surface area contributed by atoms with Crippen LogP contribution < -0.4 is 5.32 Å². The maximum Gasteiger partial charge on any atom is 0.306 e. The molecule has 1 amide bonds. The Hall–Kier alpha value is -2.18. The lowest BCUT2D eigenvalue weighted by molar-refractivity contribution is -0.151. The van der Waals surface area contributed by atoms with Gasteiger partial charge in [-0.3, -0.25) is 9.59 Å². The van der Waals surface area contributed by atoms with E-state index in [4.69, 9.17) is 4.74 Å². The minimum atomic E-state index is -0.791. The summed E-state index contributed by atoms with van der Waals surface area (Å²) in [5.41, 5.74) is 0. The summed E-state index contributed by atoms with van der Waals surface area (Å²) in [6.45, 7) is 6.46. The van der Waals surface area contributed by atoms with Crippen LogP contribution in [0.3, 0.4) is 0 Å². The van der Waals surface area contributed by atoms with Gasteiger partial charge < -0.3 is 20.3 Å². The van der Waals surface area contributed by atoms with Crippen LogP contribution in [0.15, 0.2) is 48.6 Å². The van der Waals surface area contributed by atoms with Crippen molar-refractivity contribution >= 4 is 11.9 Å². The Bertz CT molecular complexity index is 1080. The van der Waals surface area contributed by atoms with Crippen LogP contribution in [0.25, 0.3) is 0 Å². The molecule has 6 heteroatoms. The first kappa shape index (κ1) is 60.8. The predicted molar refractivity (Wildman–Crippen MR) is 273 cm³/mol. The molecule has 0 heterocycles. The minimum absolute atomic E-state index is 0.0703. The fraction of sp³-hybridized carbons (Fsp3) is 0.825. The molecule has 0 saturated heterocycles. The Morgan fingerprint density at radius 3 is 1.25 bits per heavy atom. The normalized spacial score (nSPS) is 13.5. The van der Waals surface area contributed by atoms with Gasteiger partial charge in [0.25, 0.3) is 0 Å². The van der Waals surface area contributed by atoms with E-state index >= 15 is 0 Å². The number of allylic oxidation sites excluding steroid dienone is 8. The van der Waals surface area contributed by atoms with Crippen LogP contribution >= 0.6 is 0 Å². The first-order valence-electron chi connectivity index (χ1n) is 27.4. The standard InChI is InChI=1S/C57H105NO5/c1-4-7-10-13-16-19-22-24-26-27-28-30-32-35-38-41-44-47-50-57(62)63-53(48-45-42-39-36-33-21-18-15-12-9-6-3)51-56(61)58-54(52-59)55(60)49-46-43-40-37-34-31-29-25-23-20-17-14-11-8-5-2/h16,19,22,24,26-28,30,53-55,59-60H,4-15,17-18,20-21,23,25,29,31-52H2,1-3H3,(H,58,61)/b19-16+,24-22+,27-26+,30-28+. The average molecular weight is 884 g/mol. The molecule has 0 aromatic heterocycles. The number of rotatable bonds is 49. The molecule has 6 nitrogen and oxygen atoms in total. The third-order valence-electron chi connectivity index (χ3n) is 12.5. The smallest absolute Gasteiger partial charge is 0.306 e. The third kappa shape index (κ3) is 46.2. The Balaban J connectivity index is 4.53. The first-order chi connectivity index (χ1) is 31.0. The quantitative estimate of drug-likeness (QED) is 0.0321. The Labute approximate surface area is 391 Å². The van der Waals surface area contributed by atoms with E-state index in [0.29, 0.717) is 19.3 Å². The van der Waals surface area contributed by atoms with E-state index in [1.54, 1.807) is 0 Å². The van der Waals surface area contributed by atoms with Crippen LogP contribution in [0.5, 0.6) is 0 Å². The summed E-state index contributed by atoms with van der Waals surface area (Å²) < 4.78 is 5.93. The first-order valence-corrected chi connectivity index (χ1v) is 27.4. The summed E-state index contributed by atoms with van der Waals surface area (Å²) in [5, 5.41) is 23.8. The van der Waals surface area contributed by atoms with Gasteiger partial charge in [-0.05, 0) is 51.4 Å². The molecule has 3 atom stereocenters. The van der Waals surface area contributed by atoms with E-state index in [9.17, 15) is 19.8 Å². The number of nitrogens with one attached hydrogen (secondary N) is 1. The molecular formula is C57H105NO5. The molecule has 3 unspecified atom stereocenters. The largest absolute Gasteiger partial charge is 0.462 e. The molecule has 0 aromatic carbocycles. The van der Waals surface area contributed by atoms with Gasteiger partial charge >= 0.3 is 5.97 Å². The highest BCUT2D eigenvalue weighted by atomic mass is 16.5. The zero-order valence-corrected chi connectivity index (χ0v) is 42.0. The van der Waals surface area contributed by atoms with Crippen LogP contribution in [0.1, 0.15) is 278 Å². The summed E-state index contributed by atoms with van der Waals surface area (Å²) in [7, 11) is 0. The highest BCUT2D eigenvalue weighted by molar-refractivity contribution is 5.77. The van der Waals surface area contributed by atoms with Gasteiger partial charge in [-0.25, -0.2) is 0 Å². The molecule has 0 aliphatic heterocycles. The molecule has 0 rings (SSSR count). The molecule has 0 aromatic rings. The summed E-state index contributed by atoms with van der Waals surface area (Å²) in [6, 6.07) is -0.705. The second-order valence-corrected chi connectivity index (χ2v) is 18.7. The zero-order chi connectivity index (χ0) is 45.9. The fourth-order valence-corrected chi connectivity index (χ4v) is 8.33. The Morgan fingerprint density at radius 2 is 0.810 bits per heavy atom. The van der Waals surface area contributed by atoms with Crippen molar-refractivity contribution in [1.82, 2.24) is 5.32 Å². The number of aliphatic hydroxyl groups is 2. The molecular weight excluding hydrogens is 779 g/mol. The predicted octanol–water partition coefficient (Wildman–Crippen LogP) is 16.6. The molecule has 0 radical (unpaired) electrons. The van der Waals surface area contributed by atoms with E-state index in [2.05, 4.69) is 74.7 Å². The molecule has 368 valence electrons. The second-order valence-electron chi connectivity index (χ2n) is 18.7. The number of amides is 1. The molecule has 0 spiro atoms. The van der Waals surface area contributed by atoms with E-state index in [1.807, 2.05) is 0 Å². The number of esters is 1. The van der Waals surface area contributed by atoms with Crippen molar-refractivity contribution in [1.29, 1.82) is 0 Å². The molecule has 0 bridgehead atoms. The van der Waals surface area contributed by atoms with E-state index < -0.39 is 18.2 Å². The number of hydrogen-bond donors (Lipinski definition) is 3. The van der Waals surface area contributed by atoms with Crippen LogP contribution in [-0.4, -0.2) is 46.9 Å². The van der Waals surface area contributed by atoms with E-state index in [1.165, 1.54) is 161 Å². The van der Waals surface area contributed by atoms with Crippen molar-refractivity contribution in [3.05, 3.63) is 48.6 Å². The third-order valence-corrected chi connectivity index (χ3v) is 12.5. The van der Waals surface area contributed by atoms with E-state index in [-0.39, 0.29) is 24.9 Å². The van der Waals surface area contributed by atoms with Gasteiger partial charge in [0.15, 0.2) is 0 Å². The van der Waals surface area contributed by atoms with E-state index in [0.717, 1.165) is 70.6 Å². The van der Waals surface area contributed by atoms with Gasteiger partial charge in [-0.2, -0.15) is 0 Å². The number of carbonyl (C=O) groups excluding carboxylic acids is 2. The van der Waals surface area contributed by atoms with Gasteiger partial charge in [-0.1, -0.05) is 262 Å². The second kappa shape index (κ2) is 50.8. The molecule has 0 aliphatic carbocycles. The molecule has 0 saturated carbocycles. The van der Waals surface area contributed by atoms with Gasteiger partial charge in [0.1, 0.15) is 6.10 Å². The summed E-state index contributed by atoms with van der Waals surface area (Å²) in [6.07, 6.45) is 61.6. The molecule has 0 fully saturated rings. The lowest BCUT2D eigenvalue weighted by atomic mass is 10.0. The highest BCUT2D eigenvalue weighted by Gasteiger charge is 2.24. The van der Waals surface area contributed by atoms with Crippen molar-refractivity contribution in [3.8, 4) is 0 Å². The lowest BCUT2D eigenvalue weighted by Gasteiger charge is -2.24. The topological polar surface area (TPSA) is 95.9 Å². The number of ether oxygens (including phenoxy) is 1. The number of carbonyl (C=O) groups is 2. The fourth-order valence-electron chi connectivity index (χ4n) is 8.33. The average Bonchev–Trinajstić information content (AvgIpc) is 3.28. The van der Waals surface area contributed by atoms with Gasteiger partial charge in [0.05, 0.1) is 25.2 Å². The van der Waals surface area contributed by atoms with Crippen molar-refractivity contribution in [2.75, 3.05) is 6.61 Å². The molecule has 63 heavy (non-hydrogen) atoms. The van der Waals surface area contributed by atoms with Gasteiger partial charge in [-0.15, -0.1) is 0 Å². The molecule has 3 N–H and O–H groups in total. The van der Waals surface area contributed by atoms with Crippen LogP contribution in [0, 0.1) is 0 Å². The van der Waals surface area contributed by atoms with Crippen LogP contribution in [0.4, 0.5) is 0 Å². The van der Waals surface area contributed by atoms with Crippen molar-refractivity contribution in [2.45, 2.75) is 296 Å². The highest BCUT2D eigenvalue weighted by Crippen LogP contribution is 2.18.